The van der Waals surface area contributed by atoms with Gasteiger partial charge in [0.05, 0.1) is 5.56 Å². The van der Waals surface area contributed by atoms with Crippen molar-refractivity contribution in [3.05, 3.63) is 23.3 Å². The average molecular weight is 251 g/mol. The maximum atomic E-state index is 12.7. The Hall–Kier alpha value is -1.66. The highest BCUT2D eigenvalue weighted by Crippen LogP contribution is 2.26. The number of hydrogen-bond acceptors (Lipinski definition) is 4. The van der Waals surface area contributed by atoms with Crippen LogP contribution in [0.2, 0.25) is 0 Å². The Labute approximate surface area is 88.4 Å². The standard InChI is InChI=1S/C7H4F3N3O2S/c8-4-1-3(2-11)6(16(12,14)15)5(13-4)7(9)10/h1,7H,(H2,12,14,15). The fourth-order valence-corrected chi connectivity index (χ4v) is 1.89. The predicted molar refractivity (Wildman–Crippen MR) is 45.2 cm³/mol. The summed E-state index contributed by atoms with van der Waals surface area (Å²) in [6, 6.07) is 1.69. The Morgan fingerprint density at radius 3 is 2.44 bits per heavy atom. The van der Waals surface area contributed by atoms with Crippen molar-refractivity contribution < 1.29 is 21.6 Å². The quantitative estimate of drug-likeness (QED) is 0.781. The van der Waals surface area contributed by atoms with Gasteiger partial charge in [-0.15, -0.1) is 0 Å². The third-order valence-corrected chi connectivity index (χ3v) is 2.58. The van der Waals surface area contributed by atoms with E-state index < -0.39 is 38.5 Å². The lowest BCUT2D eigenvalue weighted by molar-refractivity contribution is 0.141. The van der Waals surface area contributed by atoms with E-state index in [2.05, 4.69) is 10.1 Å². The molecule has 0 aromatic carbocycles. The van der Waals surface area contributed by atoms with Crippen molar-refractivity contribution in [3.63, 3.8) is 0 Å². The van der Waals surface area contributed by atoms with E-state index in [1.54, 1.807) is 0 Å². The van der Waals surface area contributed by atoms with Crippen LogP contribution in [0.5, 0.6) is 0 Å². The summed E-state index contributed by atoms with van der Waals surface area (Å²) in [6.07, 6.45) is -3.35. The molecule has 5 nitrogen and oxygen atoms in total. The fraction of sp³-hybridized carbons (Fsp3) is 0.143. The number of primary sulfonamides is 1. The van der Waals surface area contributed by atoms with Crippen LogP contribution in [-0.2, 0) is 10.0 Å². The Kier molecular flexibility index (Phi) is 3.16. The third kappa shape index (κ3) is 2.29. The molecule has 0 aliphatic rings. The van der Waals surface area contributed by atoms with Crippen molar-refractivity contribution >= 4 is 10.0 Å². The maximum absolute atomic E-state index is 12.7. The topological polar surface area (TPSA) is 96.8 Å². The largest absolute Gasteiger partial charge is 0.281 e. The van der Waals surface area contributed by atoms with E-state index in [0.717, 1.165) is 0 Å². The van der Waals surface area contributed by atoms with Gasteiger partial charge in [-0.1, -0.05) is 0 Å². The minimum Gasteiger partial charge on any atom is -0.225 e. The molecule has 0 amide bonds. The summed E-state index contributed by atoms with van der Waals surface area (Å²) in [5.74, 6) is -1.38. The second kappa shape index (κ2) is 4.07. The molecule has 16 heavy (non-hydrogen) atoms. The SMILES string of the molecule is N#Cc1cc(F)nc(C(F)F)c1S(N)(=O)=O. The first-order valence-electron chi connectivity index (χ1n) is 3.69. The number of halogens is 3. The number of hydrogen-bond donors (Lipinski definition) is 1. The molecule has 0 fully saturated rings. The molecule has 1 heterocycles. The number of aromatic nitrogens is 1. The molecule has 0 aliphatic heterocycles. The Morgan fingerprint density at radius 2 is 2.06 bits per heavy atom. The number of nitriles is 1. The van der Waals surface area contributed by atoms with Crippen molar-refractivity contribution in [2.45, 2.75) is 11.3 Å². The van der Waals surface area contributed by atoms with Gasteiger partial charge >= 0.3 is 0 Å². The zero-order chi connectivity index (χ0) is 12.5. The highest BCUT2D eigenvalue weighted by molar-refractivity contribution is 7.89. The van der Waals surface area contributed by atoms with Crippen molar-refractivity contribution in [2.24, 2.45) is 5.14 Å². The lowest BCUT2D eigenvalue weighted by atomic mass is 10.2. The predicted octanol–water partition coefficient (Wildman–Crippen LogP) is 0.677. The molecule has 1 aromatic heterocycles. The van der Waals surface area contributed by atoms with Crippen LogP contribution in [0.1, 0.15) is 17.7 Å². The van der Waals surface area contributed by atoms with Gasteiger partial charge < -0.3 is 0 Å². The highest BCUT2D eigenvalue weighted by Gasteiger charge is 2.27. The summed E-state index contributed by atoms with van der Waals surface area (Å²) in [4.78, 5) is 1.57. The number of alkyl halides is 2. The minimum absolute atomic E-state index is 0.422. The van der Waals surface area contributed by atoms with E-state index in [-0.39, 0.29) is 0 Å². The summed E-state index contributed by atoms with van der Waals surface area (Å²) in [5, 5.41) is 13.2. The van der Waals surface area contributed by atoms with Gasteiger partial charge in [-0.3, -0.25) is 0 Å². The fourth-order valence-electron chi connectivity index (χ4n) is 1.05. The molecule has 0 saturated carbocycles. The van der Waals surface area contributed by atoms with E-state index in [1.165, 1.54) is 6.07 Å². The Balaban J connectivity index is 3.74. The summed E-state index contributed by atoms with van der Waals surface area (Å²) in [7, 11) is -4.57. The lowest BCUT2D eigenvalue weighted by Crippen LogP contribution is -2.18. The van der Waals surface area contributed by atoms with E-state index in [0.29, 0.717) is 6.07 Å². The van der Waals surface area contributed by atoms with Gasteiger partial charge in [0, 0.05) is 6.07 Å². The number of nitrogens with zero attached hydrogens (tertiary/aromatic N) is 2. The molecular weight excluding hydrogens is 247 g/mol. The van der Waals surface area contributed by atoms with Gasteiger partial charge in [0.15, 0.2) is 0 Å². The summed E-state index contributed by atoms with van der Waals surface area (Å²) in [6.45, 7) is 0. The molecule has 0 aliphatic carbocycles. The molecule has 1 rings (SSSR count). The lowest BCUT2D eigenvalue weighted by Gasteiger charge is -2.07. The molecule has 86 valence electrons. The maximum Gasteiger partial charge on any atom is 0.281 e. The van der Waals surface area contributed by atoms with Crippen LogP contribution in [0.15, 0.2) is 11.0 Å². The normalized spacial score (nSPS) is 11.5. The molecular formula is C7H4F3N3O2S. The molecule has 0 spiro atoms. The molecule has 1 aromatic rings. The van der Waals surface area contributed by atoms with Crippen LogP contribution in [0, 0.1) is 17.3 Å². The van der Waals surface area contributed by atoms with Crippen molar-refractivity contribution in [1.29, 1.82) is 5.26 Å². The van der Waals surface area contributed by atoms with E-state index >= 15 is 0 Å². The Bertz CT molecular complexity index is 565. The van der Waals surface area contributed by atoms with Crippen LogP contribution in [0.25, 0.3) is 0 Å². The van der Waals surface area contributed by atoms with Crippen molar-refractivity contribution in [1.82, 2.24) is 4.98 Å². The van der Waals surface area contributed by atoms with Crippen molar-refractivity contribution in [3.8, 4) is 6.07 Å². The number of rotatable bonds is 2. The minimum atomic E-state index is -4.57. The number of pyridine rings is 1. The average Bonchev–Trinajstić information content (AvgIpc) is 2.14. The number of sulfonamides is 1. The second-order valence-electron chi connectivity index (χ2n) is 2.66. The molecule has 2 N–H and O–H groups in total. The molecule has 0 bridgehead atoms. The van der Waals surface area contributed by atoms with Crippen LogP contribution in [0.3, 0.4) is 0 Å². The van der Waals surface area contributed by atoms with Crippen LogP contribution in [0.4, 0.5) is 13.2 Å². The van der Waals surface area contributed by atoms with Gasteiger partial charge in [-0.05, 0) is 0 Å². The molecule has 0 unspecified atom stereocenters. The molecule has 0 atom stereocenters. The second-order valence-corrected chi connectivity index (χ2v) is 4.16. The number of nitrogens with two attached hydrogens (primary N) is 1. The first-order chi connectivity index (χ1) is 7.27. The monoisotopic (exact) mass is 251 g/mol. The zero-order valence-corrected chi connectivity index (χ0v) is 8.30. The van der Waals surface area contributed by atoms with Gasteiger partial charge in [0.2, 0.25) is 16.0 Å². The first kappa shape index (κ1) is 12.4. The molecule has 9 heteroatoms. The summed E-state index contributed by atoms with van der Waals surface area (Å²) in [5.41, 5.74) is -2.16. The molecule has 0 saturated heterocycles. The van der Waals surface area contributed by atoms with Gasteiger partial charge in [-0.2, -0.15) is 9.65 Å². The van der Waals surface area contributed by atoms with Crippen molar-refractivity contribution in [2.75, 3.05) is 0 Å². The highest BCUT2D eigenvalue weighted by atomic mass is 32.2. The van der Waals surface area contributed by atoms with Gasteiger partial charge in [0.1, 0.15) is 16.7 Å². The smallest absolute Gasteiger partial charge is 0.225 e. The van der Waals surface area contributed by atoms with E-state index in [1.807, 2.05) is 0 Å². The van der Waals surface area contributed by atoms with Gasteiger partial charge in [0.25, 0.3) is 6.43 Å². The van der Waals surface area contributed by atoms with Crippen LogP contribution >= 0.6 is 0 Å². The molecule has 0 radical (unpaired) electrons. The van der Waals surface area contributed by atoms with Crippen LogP contribution in [-0.4, -0.2) is 13.4 Å². The van der Waals surface area contributed by atoms with E-state index in [9.17, 15) is 21.6 Å². The van der Waals surface area contributed by atoms with Crippen LogP contribution < -0.4 is 5.14 Å². The zero-order valence-electron chi connectivity index (χ0n) is 7.49. The third-order valence-electron chi connectivity index (χ3n) is 1.58. The Morgan fingerprint density at radius 1 is 1.50 bits per heavy atom. The van der Waals surface area contributed by atoms with Gasteiger partial charge in [-0.25, -0.2) is 27.3 Å². The summed E-state index contributed by atoms with van der Waals surface area (Å²) >= 11 is 0. The summed E-state index contributed by atoms with van der Waals surface area (Å²) < 4.78 is 59.5. The first-order valence-corrected chi connectivity index (χ1v) is 5.23. The van der Waals surface area contributed by atoms with E-state index in [4.69, 9.17) is 5.26 Å².